The maximum atomic E-state index is 12.8. The molecule has 1 aliphatic heterocycles. The van der Waals surface area contributed by atoms with Gasteiger partial charge in [0.25, 0.3) is 11.7 Å². The molecule has 1 unspecified atom stereocenters. The first-order valence-corrected chi connectivity index (χ1v) is 8.85. The van der Waals surface area contributed by atoms with Gasteiger partial charge in [-0.15, -0.1) is 0 Å². The summed E-state index contributed by atoms with van der Waals surface area (Å²) in [4.78, 5) is 28.9. The minimum atomic E-state index is -0.736. The Kier molecular flexibility index (Phi) is 5.19. The van der Waals surface area contributed by atoms with E-state index in [9.17, 15) is 14.7 Å². The van der Waals surface area contributed by atoms with Crippen LogP contribution in [0.1, 0.15) is 28.5 Å². The van der Waals surface area contributed by atoms with Crippen LogP contribution in [-0.4, -0.2) is 53.8 Å². The van der Waals surface area contributed by atoms with Gasteiger partial charge in [0.05, 0.1) is 11.8 Å². The minimum absolute atomic E-state index is 0.0717. The van der Waals surface area contributed by atoms with E-state index in [0.717, 1.165) is 11.1 Å². The molecular weight excluding hydrogens is 344 g/mol. The third-order valence-corrected chi connectivity index (χ3v) is 4.79. The summed E-state index contributed by atoms with van der Waals surface area (Å²) in [6.45, 7) is 4.72. The molecule has 142 valence electrons. The molecule has 0 saturated carbocycles. The highest BCUT2D eigenvalue weighted by Gasteiger charge is 2.47. The number of nitrogens with zero attached hydrogens (tertiary/aromatic N) is 2. The van der Waals surface area contributed by atoms with Crippen LogP contribution in [0.2, 0.25) is 0 Å². The number of Topliss-reactive ketones (excluding diaryl/α,β-unsaturated/α-hetero) is 1. The summed E-state index contributed by atoms with van der Waals surface area (Å²) in [5.41, 5.74) is 2.41. The van der Waals surface area contributed by atoms with Crippen molar-refractivity contribution in [1.29, 1.82) is 0 Å². The molecule has 1 aliphatic rings. The fourth-order valence-electron chi connectivity index (χ4n) is 3.30. The number of likely N-dealkylation sites (tertiary alicyclic amines) is 1. The van der Waals surface area contributed by atoms with E-state index in [1.54, 1.807) is 12.1 Å². The molecule has 1 N–H and O–H groups in total. The van der Waals surface area contributed by atoms with Gasteiger partial charge in [-0.1, -0.05) is 17.7 Å². The number of hydrogen-bond acceptors (Lipinski definition) is 5. The number of likely N-dealkylation sites (N-methyl/N-ethyl adjacent to an activating group) is 1. The molecule has 1 aromatic carbocycles. The maximum absolute atomic E-state index is 12.8. The predicted octanol–water partition coefficient (Wildman–Crippen LogP) is 2.88. The molecule has 6 nitrogen and oxygen atoms in total. The molecule has 1 saturated heterocycles. The lowest BCUT2D eigenvalue weighted by Gasteiger charge is -2.24. The predicted molar refractivity (Wildman–Crippen MR) is 102 cm³/mol. The molecule has 0 aliphatic carbocycles. The van der Waals surface area contributed by atoms with Gasteiger partial charge in [-0.2, -0.15) is 0 Å². The van der Waals surface area contributed by atoms with Gasteiger partial charge >= 0.3 is 0 Å². The SMILES string of the molecule is Cc1ccc(C)c(/C(O)=C2\C(=O)C(=O)N(CCN(C)C)C2c2ccco2)c1. The summed E-state index contributed by atoms with van der Waals surface area (Å²) < 4.78 is 5.52. The first-order chi connectivity index (χ1) is 12.8. The normalized spacial score (nSPS) is 19.3. The number of aliphatic hydroxyl groups is 1. The number of benzene rings is 1. The molecule has 1 atom stereocenters. The Morgan fingerprint density at radius 2 is 1.96 bits per heavy atom. The first-order valence-electron chi connectivity index (χ1n) is 8.85. The largest absolute Gasteiger partial charge is 0.507 e. The minimum Gasteiger partial charge on any atom is -0.507 e. The standard InChI is InChI=1S/C21H24N2O4/c1-13-7-8-14(2)15(12-13)19(24)17-18(16-6-5-11-27-16)23(10-9-22(3)4)21(26)20(17)25/h5-8,11-12,18,24H,9-10H2,1-4H3/b19-17+. The number of rotatable bonds is 5. The van der Waals surface area contributed by atoms with Crippen LogP contribution < -0.4 is 0 Å². The molecule has 0 radical (unpaired) electrons. The zero-order chi connectivity index (χ0) is 19.7. The topological polar surface area (TPSA) is 74.0 Å². The Labute approximate surface area is 158 Å². The fourth-order valence-corrected chi connectivity index (χ4v) is 3.30. The number of aliphatic hydroxyl groups excluding tert-OH is 1. The highest BCUT2D eigenvalue weighted by molar-refractivity contribution is 6.46. The molecule has 0 bridgehead atoms. The zero-order valence-corrected chi connectivity index (χ0v) is 16.0. The van der Waals surface area contributed by atoms with E-state index in [1.165, 1.54) is 11.2 Å². The molecule has 2 heterocycles. The average Bonchev–Trinajstić information content (AvgIpc) is 3.22. The van der Waals surface area contributed by atoms with Crippen molar-refractivity contribution in [2.75, 3.05) is 27.2 Å². The third-order valence-electron chi connectivity index (χ3n) is 4.79. The summed E-state index contributed by atoms with van der Waals surface area (Å²) in [5, 5.41) is 11.0. The van der Waals surface area contributed by atoms with E-state index in [4.69, 9.17) is 4.42 Å². The van der Waals surface area contributed by atoms with Gasteiger partial charge in [0.15, 0.2) is 0 Å². The van der Waals surface area contributed by atoms with E-state index in [0.29, 0.717) is 24.4 Å². The van der Waals surface area contributed by atoms with Crippen LogP contribution >= 0.6 is 0 Å². The highest BCUT2D eigenvalue weighted by atomic mass is 16.3. The lowest BCUT2D eigenvalue weighted by Crippen LogP contribution is -2.35. The van der Waals surface area contributed by atoms with Crippen LogP contribution in [0.15, 0.2) is 46.6 Å². The van der Waals surface area contributed by atoms with Gasteiger partial charge in [0, 0.05) is 18.7 Å². The zero-order valence-electron chi connectivity index (χ0n) is 16.0. The molecule has 2 aromatic rings. The molecule has 1 amide bonds. The summed E-state index contributed by atoms with van der Waals surface area (Å²) in [6, 6.07) is 8.33. The Bertz CT molecular complexity index is 897. The quantitative estimate of drug-likeness (QED) is 0.499. The van der Waals surface area contributed by atoms with Crippen molar-refractivity contribution in [2.45, 2.75) is 19.9 Å². The third kappa shape index (κ3) is 3.53. The van der Waals surface area contributed by atoms with Gasteiger partial charge in [0.1, 0.15) is 17.6 Å². The number of furan rings is 1. The van der Waals surface area contributed by atoms with Crippen LogP contribution in [0, 0.1) is 13.8 Å². The van der Waals surface area contributed by atoms with Gasteiger partial charge in [0.2, 0.25) is 0 Å². The van der Waals surface area contributed by atoms with Crippen LogP contribution in [-0.2, 0) is 9.59 Å². The van der Waals surface area contributed by atoms with Gasteiger partial charge < -0.3 is 19.3 Å². The van der Waals surface area contributed by atoms with Crippen molar-refractivity contribution in [2.24, 2.45) is 0 Å². The molecule has 3 rings (SSSR count). The molecule has 27 heavy (non-hydrogen) atoms. The van der Waals surface area contributed by atoms with Gasteiger partial charge in [-0.05, 0) is 51.7 Å². The number of ketones is 1. The van der Waals surface area contributed by atoms with Crippen LogP contribution in [0.4, 0.5) is 0 Å². The van der Waals surface area contributed by atoms with Crippen LogP contribution in [0.25, 0.3) is 5.76 Å². The lowest BCUT2D eigenvalue weighted by molar-refractivity contribution is -0.140. The second-order valence-corrected chi connectivity index (χ2v) is 7.13. The number of carbonyl (C=O) groups excluding carboxylic acids is 2. The Hall–Kier alpha value is -2.86. The summed E-state index contributed by atoms with van der Waals surface area (Å²) in [7, 11) is 3.79. The van der Waals surface area contributed by atoms with Crippen LogP contribution in [0.5, 0.6) is 0 Å². The van der Waals surface area contributed by atoms with Crippen molar-refractivity contribution in [3.8, 4) is 0 Å². The number of amides is 1. The maximum Gasteiger partial charge on any atom is 0.295 e. The van der Waals surface area contributed by atoms with Crippen molar-refractivity contribution < 1.29 is 19.1 Å². The highest BCUT2D eigenvalue weighted by Crippen LogP contribution is 2.39. The second kappa shape index (κ2) is 7.40. The first kappa shape index (κ1) is 18.9. The fraction of sp³-hybridized carbons (Fsp3) is 0.333. The van der Waals surface area contributed by atoms with Crippen molar-refractivity contribution in [3.05, 3.63) is 64.6 Å². The smallest absolute Gasteiger partial charge is 0.295 e. The van der Waals surface area contributed by atoms with Gasteiger partial charge in [-0.3, -0.25) is 9.59 Å². The Balaban J connectivity index is 2.15. The van der Waals surface area contributed by atoms with Crippen molar-refractivity contribution in [3.63, 3.8) is 0 Å². The molecule has 6 heteroatoms. The average molecular weight is 368 g/mol. The summed E-state index contributed by atoms with van der Waals surface area (Å²) >= 11 is 0. The molecule has 0 spiro atoms. The molecule has 1 aromatic heterocycles. The monoisotopic (exact) mass is 368 g/mol. The van der Waals surface area contributed by atoms with E-state index in [2.05, 4.69) is 0 Å². The van der Waals surface area contributed by atoms with Crippen LogP contribution in [0.3, 0.4) is 0 Å². The lowest BCUT2D eigenvalue weighted by atomic mass is 9.96. The van der Waals surface area contributed by atoms with Crippen molar-refractivity contribution >= 4 is 17.4 Å². The van der Waals surface area contributed by atoms with Crippen molar-refractivity contribution in [1.82, 2.24) is 9.80 Å². The van der Waals surface area contributed by atoms with E-state index in [-0.39, 0.29) is 11.3 Å². The second-order valence-electron chi connectivity index (χ2n) is 7.13. The summed E-state index contributed by atoms with van der Waals surface area (Å²) in [5.74, 6) is -1.01. The van der Waals surface area contributed by atoms with E-state index < -0.39 is 17.7 Å². The number of aryl methyl sites for hydroxylation is 2. The Morgan fingerprint density at radius 1 is 1.22 bits per heavy atom. The summed E-state index contributed by atoms with van der Waals surface area (Å²) in [6.07, 6.45) is 1.50. The number of carbonyl (C=O) groups is 2. The number of hydrogen-bond donors (Lipinski definition) is 1. The van der Waals surface area contributed by atoms with Gasteiger partial charge in [-0.25, -0.2) is 0 Å². The van der Waals surface area contributed by atoms with E-state index >= 15 is 0 Å². The molecule has 1 fully saturated rings. The van der Waals surface area contributed by atoms with E-state index in [1.807, 2.05) is 51.0 Å². The molecular formula is C21H24N2O4. The Morgan fingerprint density at radius 3 is 2.59 bits per heavy atom.